The van der Waals surface area contributed by atoms with E-state index < -0.39 is 0 Å². The number of rotatable bonds is 3. The molecule has 0 radical (unpaired) electrons. The van der Waals surface area contributed by atoms with E-state index in [9.17, 15) is 5.11 Å². The van der Waals surface area contributed by atoms with Crippen LogP contribution in [-0.4, -0.2) is 21.7 Å². The first-order valence-electron chi connectivity index (χ1n) is 4.99. The normalized spacial score (nSPS) is 36.2. The van der Waals surface area contributed by atoms with E-state index in [1.54, 1.807) is 0 Å². The van der Waals surface area contributed by atoms with Gasteiger partial charge >= 0.3 is 0 Å². The Hall–Kier alpha value is 0.310. The maximum absolute atomic E-state index is 10.4. The molecule has 0 amide bonds. The van der Waals surface area contributed by atoms with Gasteiger partial charge < -0.3 is 5.11 Å². The van der Waals surface area contributed by atoms with Crippen LogP contribution in [0.5, 0.6) is 0 Å². The Bertz CT molecular complexity index is 145. The lowest BCUT2D eigenvalue weighted by atomic mass is 9.79. The molecule has 1 rings (SSSR count). The number of aliphatic hydroxyl groups is 1. The van der Waals surface area contributed by atoms with Gasteiger partial charge in [-0.05, 0) is 18.1 Å². The van der Waals surface area contributed by atoms with E-state index in [0.717, 1.165) is 25.0 Å². The zero-order valence-corrected chi connectivity index (χ0v) is 9.16. The first-order valence-corrected chi connectivity index (χ1v) is 6.04. The highest BCUT2D eigenvalue weighted by molar-refractivity contribution is 8.00. The molecule has 1 aliphatic heterocycles. The third-order valence-corrected chi connectivity index (χ3v) is 4.61. The van der Waals surface area contributed by atoms with Gasteiger partial charge in [-0.25, -0.2) is 0 Å². The molecule has 1 N–H and O–H groups in total. The Labute approximate surface area is 79.9 Å². The van der Waals surface area contributed by atoms with Gasteiger partial charge in [0.15, 0.2) is 0 Å². The molecule has 0 aromatic heterocycles. The van der Waals surface area contributed by atoms with Crippen LogP contribution >= 0.6 is 11.8 Å². The minimum atomic E-state index is -0.367. The molecule has 1 fully saturated rings. The number of thioether (sulfide) groups is 1. The Morgan fingerprint density at radius 3 is 2.42 bits per heavy atom. The minimum absolute atomic E-state index is 0.367. The molecule has 0 aromatic rings. The van der Waals surface area contributed by atoms with Gasteiger partial charge in [0.05, 0.1) is 5.60 Å². The second kappa shape index (κ2) is 4.01. The van der Waals surface area contributed by atoms with E-state index >= 15 is 0 Å². The van der Waals surface area contributed by atoms with Gasteiger partial charge in [0.2, 0.25) is 0 Å². The van der Waals surface area contributed by atoms with Gasteiger partial charge in [-0.3, -0.25) is 0 Å². The lowest BCUT2D eigenvalue weighted by molar-refractivity contribution is -0.0166. The van der Waals surface area contributed by atoms with Crippen LogP contribution in [-0.2, 0) is 0 Å². The highest BCUT2D eigenvalue weighted by Gasteiger charge is 2.43. The fraction of sp³-hybridized carbons (Fsp3) is 1.00. The molecular formula is C10H20OS. The molecule has 12 heavy (non-hydrogen) atoms. The first-order chi connectivity index (χ1) is 5.65. The Balaban J connectivity index is 2.67. The molecular weight excluding hydrogens is 168 g/mol. The summed E-state index contributed by atoms with van der Waals surface area (Å²) >= 11 is 1.91. The third-order valence-electron chi connectivity index (χ3n) is 3.27. The van der Waals surface area contributed by atoms with Crippen molar-refractivity contribution in [2.45, 2.75) is 50.9 Å². The van der Waals surface area contributed by atoms with E-state index in [2.05, 4.69) is 20.8 Å². The molecule has 2 heteroatoms. The first kappa shape index (κ1) is 10.4. The average molecular weight is 188 g/mol. The molecule has 1 nitrogen and oxygen atoms in total. The van der Waals surface area contributed by atoms with Crippen LogP contribution in [0, 0.1) is 5.92 Å². The average Bonchev–Trinajstić information content (AvgIpc) is 2.36. The van der Waals surface area contributed by atoms with Gasteiger partial charge in [0.1, 0.15) is 0 Å². The van der Waals surface area contributed by atoms with Gasteiger partial charge in [0.25, 0.3) is 0 Å². The monoisotopic (exact) mass is 188 g/mol. The number of hydrogen-bond acceptors (Lipinski definition) is 2. The molecule has 1 aliphatic rings. The Morgan fingerprint density at radius 2 is 2.08 bits per heavy atom. The van der Waals surface area contributed by atoms with Gasteiger partial charge in [-0.2, -0.15) is 11.8 Å². The van der Waals surface area contributed by atoms with Gasteiger partial charge in [0, 0.05) is 5.25 Å². The van der Waals surface area contributed by atoms with E-state index in [1.165, 1.54) is 0 Å². The standard InChI is InChI=1S/C10H20OS/c1-4-9(5-2)10(11)6-7-12-8(10)3/h8-9,11H,4-7H2,1-3H3. The lowest BCUT2D eigenvalue weighted by Crippen LogP contribution is -2.42. The van der Waals surface area contributed by atoms with Crippen LogP contribution in [0.2, 0.25) is 0 Å². The summed E-state index contributed by atoms with van der Waals surface area (Å²) in [5.74, 6) is 1.64. The zero-order chi connectivity index (χ0) is 9.19. The second-order valence-corrected chi connectivity index (χ2v) is 5.22. The fourth-order valence-electron chi connectivity index (χ4n) is 2.28. The summed E-state index contributed by atoms with van der Waals surface area (Å²) < 4.78 is 0. The third kappa shape index (κ3) is 1.64. The van der Waals surface area contributed by atoms with Crippen molar-refractivity contribution in [1.29, 1.82) is 0 Å². The fourth-order valence-corrected chi connectivity index (χ4v) is 3.68. The van der Waals surface area contributed by atoms with Crippen molar-refractivity contribution < 1.29 is 5.11 Å². The second-order valence-electron chi connectivity index (χ2n) is 3.77. The quantitative estimate of drug-likeness (QED) is 0.735. The predicted molar refractivity (Wildman–Crippen MR) is 55.6 cm³/mol. The molecule has 2 atom stereocenters. The van der Waals surface area contributed by atoms with Crippen LogP contribution in [0.4, 0.5) is 0 Å². The van der Waals surface area contributed by atoms with Crippen molar-refractivity contribution >= 4 is 11.8 Å². The lowest BCUT2D eigenvalue weighted by Gasteiger charge is -2.34. The van der Waals surface area contributed by atoms with Crippen LogP contribution < -0.4 is 0 Å². The summed E-state index contributed by atoms with van der Waals surface area (Å²) in [4.78, 5) is 0. The summed E-state index contributed by atoms with van der Waals surface area (Å²) in [5, 5.41) is 10.8. The van der Waals surface area contributed by atoms with Crippen molar-refractivity contribution in [2.24, 2.45) is 5.92 Å². The highest BCUT2D eigenvalue weighted by Crippen LogP contribution is 2.42. The van der Waals surface area contributed by atoms with Crippen molar-refractivity contribution in [1.82, 2.24) is 0 Å². The SMILES string of the molecule is CCC(CC)C1(O)CCSC1C. The van der Waals surface area contributed by atoms with E-state index in [4.69, 9.17) is 0 Å². The van der Waals surface area contributed by atoms with Crippen molar-refractivity contribution in [2.75, 3.05) is 5.75 Å². The predicted octanol–water partition coefficient (Wildman–Crippen LogP) is 2.68. The zero-order valence-electron chi connectivity index (χ0n) is 8.34. The topological polar surface area (TPSA) is 20.2 Å². The largest absolute Gasteiger partial charge is 0.388 e. The van der Waals surface area contributed by atoms with E-state index in [-0.39, 0.29) is 5.60 Å². The molecule has 0 bridgehead atoms. The Morgan fingerprint density at radius 1 is 1.50 bits per heavy atom. The van der Waals surface area contributed by atoms with Crippen LogP contribution in [0.25, 0.3) is 0 Å². The molecule has 1 saturated heterocycles. The highest BCUT2D eigenvalue weighted by atomic mass is 32.2. The molecule has 0 aromatic carbocycles. The molecule has 0 aliphatic carbocycles. The van der Waals surface area contributed by atoms with E-state index in [0.29, 0.717) is 11.2 Å². The summed E-state index contributed by atoms with van der Waals surface area (Å²) in [6.07, 6.45) is 3.21. The molecule has 0 spiro atoms. The van der Waals surface area contributed by atoms with Gasteiger partial charge in [-0.1, -0.05) is 33.6 Å². The van der Waals surface area contributed by atoms with Crippen molar-refractivity contribution in [3.8, 4) is 0 Å². The summed E-state index contributed by atoms with van der Waals surface area (Å²) in [5.41, 5.74) is -0.367. The van der Waals surface area contributed by atoms with Crippen LogP contribution in [0.3, 0.4) is 0 Å². The summed E-state index contributed by atoms with van der Waals surface area (Å²) in [6, 6.07) is 0. The molecule has 2 unspecified atom stereocenters. The molecule has 72 valence electrons. The summed E-state index contributed by atoms with van der Waals surface area (Å²) in [7, 11) is 0. The maximum Gasteiger partial charge on any atom is 0.0798 e. The number of hydrogen-bond donors (Lipinski definition) is 1. The summed E-state index contributed by atoms with van der Waals surface area (Å²) in [6.45, 7) is 6.53. The maximum atomic E-state index is 10.4. The Kier molecular flexibility index (Phi) is 3.47. The molecule has 1 heterocycles. The van der Waals surface area contributed by atoms with Crippen LogP contribution in [0.15, 0.2) is 0 Å². The smallest absolute Gasteiger partial charge is 0.0798 e. The van der Waals surface area contributed by atoms with Gasteiger partial charge in [-0.15, -0.1) is 0 Å². The van der Waals surface area contributed by atoms with Crippen molar-refractivity contribution in [3.63, 3.8) is 0 Å². The van der Waals surface area contributed by atoms with E-state index in [1.807, 2.05) is 11.8 Å². The van der Waals surface area contributed by atoms with Crippen molar-refractivity contribution in [3.05, 3.63) is 0 Å². The minimum Gasteiger partial charge on any atom is -0.388 e. The molecule has 0 saturated carbocycles. The van der Waals surface area contributed by atoms with Crippen LogP contribution in [0.1, 0.15) is 40.0 Å².